The van der Waals surface area contributed by atoms with E-state index in [4.69, 9.17) is 0 Å². The molecule has 0 aromatic heterocycles. The molecule has 0 atom stereocenters. The predicted molar refractivity (Wildman–Crippen MR) is 156 cm³/mol. The van der Waals surface area contributed by atoms with Crippen LogP contribution in [0, 0.1) is 0 Å². The minimum Gasteiger partial charge on any atom is -0.508 e. The van der Waals surface area contributed by atoms with Gasteiger partial charge in [-0.15, -0.1) is 0 Å². The lowest BCUT2D eigenvalue weighted by Crippen LogP contribution is -2.25. The number of benzene rings is 5. The highest BCUT2D eigenvalue weighted by atomic mass is 16.3. The average molecular weight is 503 g/mol. The molecule has 3 heteroatoms. The molecule has 0 aliphatic carbocycles. The van der Waals surface area contributed by atoms with Crippen molar-refractivity contribution in [3.8, 4) is 28.4 Å². The molecule has 0 amide bonds. The molecule has 0 fully saturated rings. The van der Waals surface area contributed by atoms with Crippen LogP contribution in [0.25, 0.3) is 11.1 Å². The van der Waals surface area contributed by atoms with Gasteiger partial charge < -0.3 is 15.3 Å². The second-order valence-electron chi connectivity index (χ2n) is 9.91. The van der Waals surface area contributed by atoms with Crippen molar-refractivity contribution in [2.45, 2.75) is 32.1 Å². The summed E-state index contributed by atoms with van der Waals surface area (Å²) in [5, 5.41) is 29.0. The second-order valence-corrected chi connectivity index (χ2v) is 9.91. The normalized spacial score (nSPS) is 11.1. The van der Waals surface area contributed by atoms with E-state index in [9.17, 15) is 15.3 Å². The zero-order valence-electron chi connectivity index (χ0n) is 22.0. The Hall–Kier alpha value is -4.50. The maximum Gasteiger partial charge on any atom is 0.115 e. The summed E-state index contributed by atoms with van der Waals surface area (Å²) in [6.07, 6.45) is 0. The van der Waals surface area contributed by atoms with Crippen molar-refractivity contribution in [1.82, 2.24) is 0 Å². The highest BCUT2D eigenvalue weighted by Crippen LogP contribution is 2.40. The van der Waals surface area contributed by atoms with Gasteiger partial charge >= 0.3 is 0 Å². The Labute approximate surface area is 225 Å². The lowest BCUT2D eigenvalue weighted by molar-refractivity contribution is 0.474. The van der Waals surface area contributed by atoms with Gasteiger partial charge in [-0.2, -0.15) is 0 Å². The van der Waals surface area contributed by atoms with Gasteiger partial charge in [0.15, 0.2) is 0 Å². The molecule has 0 spiro atoms. The van der Waals surface area contributed by atoms with Gasteiger partial charge in [0, 0.05) is 5.41 Å². The van der Waals surface area contributed by atoms with Crippen molar-refractivity contribution in [2.24, 2.45) is 0 Å². The Morgan fingerprint density at radius 3 is 1.11 bits per heavy atom. The van der Waals surface area contributed by atoms with Gasteiger partial charge in [-0.3, -0.25) is 0 Å². The average Bonchev–Trinajstić information content (AvgIpc) is 2.95. The van der Waals surface area contributed by atoms with Gasteiger partial charge in [0.1, 0.15) is 17.2 Å². The summed E-state index contributed by atoms with van der Waals surface area (Å²) in [4.78, 5) is 0. The monoisotopic (exact) mass is 502 g/mol. The fourth-order valence-electron chi connectivity index (χ4n) is 4.58. The number of rotatable bonds is 5. The lowest BCUT2D eigenvalue weighted by Gasteiger charge is -2.32. The molecule has 0 saturated heterocycles. The highest BCUT2D eigenvalue weighted by molar-refractivity contribution is 5.65. The summed E-state index contributed by atoms with van der Waals surface area (Å²) in [6.45, 7) is 6.55. The van der Waals surface area contributed by atoms with Crippen LogP contribution in [0.3, 0.4) is 0 Å². The molecule has 0 aliphatic heterocycles. The quantitative estimate of drug-likeness (QED) is 0.211. The van der Waals surface area contributed by atoms with Crippen molar-refractivity contribution in [2.75, 3.05) is 0 Å². The van der Waals surface area contributed by atoms with Gasteiger partial charge in [-0.05, 0) is 82.6 Å². The highest BCUT2D eigenvalue weighted by Gasteiger charge is 2.31. The first-order valence-electron chi connectivity index (χ1n) is 12.8. The molecule has 0 bridgehead atoms. The molecule has 5 aromatic carbocycles. The van der Waals surface area contributed by atoms with Crippen LogP contribution in [0.2, 0.25) is 0 Å². The van der Waals surface area contributed by atoms with Gasteiger partial charge in [0.25, 0.3) is 0 Å². The minimum atomic E-state index is -0.463. The molecule has 3 nitrogen and oxygen atoms in total. The smallest absolute Gasteiger partial charge is 0.115 e. The number of phenols is 3. The molecule has 192 valence electrons. The van der Waals surface area contributed by atoms with Gasteiger partial charge in [0.05, 0.1) is 0 Å². The molecular weight excluding hydrogens is 468 g/mol. The van der Waals surface area contributed by atoms with Crippen molar-refractivity contribution in [3.05, 3.63) is 150 Å². The third-order valence-corrected chi connectivity index (χ3v) is 7.02. The van der Waals surface area contributed by atoms with E-state index in [2.05, 4.69) is 69.3 Å². The molecule has 0 unspecified atom stereocenters. The first kappa shape index (κ1) is 26.6. The molecule has 0 heterocycles. The van der Waals surface area contributed by atoms with Gasteiger partial charge in [-0.1, -0.05) is 105 Å². The van der Waals surface area contributed by atoms with Crippen molar-refractivity contribution in [3.63, 3.8) is 0 Å². The molecule has 3 N–H and O–H groups in total. The number of phenolic OH excluding ortho intramolecular Hbond substituents is 3. The Kier molecular flexibility index (Phi) is 8.18. The maximum atomic E-state index is 9.73. The zero-order valence-corrected chi connectivity index (χ0v) is 22.0. The van der Waals surface area contributed by atoms with E-state index in [0.29, 0.717) is 5.92 Å². The molecular formula is C35H34O3. The lowest BCUT2D eigenvalue weighted by atomic mass is 9.71. The Bertz CT molecular complexity index is 1370. The Morgan fingerprint density at radius 2 is 0.763 bits per heavy atom. The predicted octanol–water partition coefficient (Wildman–Crippen LogP) is 8.63. The summed E-state index contributed by atoms with van der Waals surface area (Å²) in [5.74, 6) is 1.36. The first-order chi connectivity index (χ1) is 18.3. The van der Waals surface area contributed by atoms with E-state index in [1.807, 2.05) is 42.5 Å². The van der Waals surface area contributed by atoms with Crippen molar-refractivity contribution in [1.29, 1.82) is 0 Å². The zero-order chi connectivity index (χ0) is 27.1. The van der Waals surface area contributed by atoms with Crippen LogP contribution in [0.1, 0.15) is 48.9 Å². The van der Waals surface area contributed by atoms with Crippen molar-refractivity contribution >= 4 is 0 Å². The molecule has 0 saturated carbocycles. The van der Waals surface area contributed by atoms with E-state index in [1.54, 1.807) is 36.4 Å². The van der Waals surface area contributed by atoms with Crippen LogP contribution in [0.15, 0.2) is 127 Å². The topological polar surface area (TPSA) is 60.7 Å². The third kappa shape index (κ3) is 6.07. The fourth-order valence-corrected chi connectivity index (χ4v) is 4.58. The van der Waals surface area contributed by atoms with Crippen molar-refractivity contribution < 1.29 is 15.3 Å². The van der Waals surface area contributed by atoms with Crippen LogP contribution in [0.4, 0.5) is 0 Å². The fraction of sp³-hybridized carbons (Fsp3) is 0.143. The van der Waals surface area contributed by atoms with E-state index >= 15 is 0 Å². The summed E-state index contributed by atoms with van der Waals surface area (Å²) >= 11 is 0. The van der Waals surface area contributed by atoms with Crippen LogP contribution in [-0.4, -0.2) is 15.3 Å². The van der Waals surface area contributed by atoms with Gasteiger partial charge in [-0.25, -0.2) is 0 Å². The van der Waals surface area contributed by atoms with Crippen LogP contribution in [0.5, 0.6) is 17.2 Å². The molecule has 38 heavy (non-hydrogen) atoms. The molecule has 5 aromatic rings. The third-order valence-electron chi connectivity index (χ3n) is 7.02. The molecule has 0 aliphatic rings. The number of hydrogen-bond acceptors (Lipinski definition) is 3. The first-order valence-corrected chi connectivity index (χ1v) is 12.8. The maximum absolute atomic E-state index is 9.73. The van der Waals surface area contributed by atoms with E-state index in [0.717, 1.165) is 27.8 Å². The molecule has 5 rings (SSSR count). The van der Waals surface area contributed by atoms with Crippen LogP contribution < -0.4 is 0 Å². The SMILES string of the molecule is CC(C)c1ccccc1.CC(c1ccc(O)cc1)(c1ccc(O)cc1)c1ccc(-c2ccc(O)cc2)cc1. The number of aromatic hydroxyl groups is 3. The summed E-state index contributed by atoms with van der Waals surface area (Å²) in [6, 6.07) is 40.5. The Morgan fingerprint density at radius 1 is 0.447 bits per heavy atom. The standard InChI is InChI=1S/C26H22O3.C9H12/c1-26(21-8-14-24(28)15-9-21,22-10-16-25(29)17-11-22)20-6-2-18(3-7-20)19-4-12-23(27)13-5-19;1-8(2)9-6-4-3-5-7-9/h2-17,27-29H,1H3;3-8H,1-2H3. The van der Waals surface area contributed by atoms with Gasteiger partial charge in [0.2, 0.25) is 0 Å². The van der Waals surface area contributed by atoms with E-state index in [1.165, 1.54) is 5.56 Å². The summed E-state index contributed by atoms with van der Waals surface area (Å²) < 4.78 is 0. The molecule has 0 radical (unpaired) electrons. The number of hydrogen-bond donors (Lipinski definition) is 3. The van der Waals surface area contributed by atoms with Crippen LogP contribution >= 0.6 is 0 Å². The summed E-state index contributed by atoms with van der Waals surface area (Å²) in [5.41, 5.74) is 6.22. The summed E-state index contributed by atoms with van der Waals surface area (Å²) in [7, 11) is 0. The minimum absolute atomic E-state index is 0.226. The van der Waals surface area contributed by atoms with E-state index < -0.39 is 5.41 Å². The van der Waals surface area contributed by atoms with Crippen LogP contribution in [-0.2, 0) is 5.41 Å². The second kappa shape index (κ2) is 11.7. The largest absolute Gasteiger partial charge is 0.508 e. The van der Waals surface area contributed by atoms with E-state index in [-0.39, 0.29) is 17.2 Å². The Balaban J connectivity index is 0.000000317.